The molecule has 1 aliphatic heterocycles. The van der Waals surface area contributed by atoms with Crippen molar-refractivity contribution in [3.63, 3.8) is 0 Å². The number of hydrogen-bond acceptors (Lipinski definition) is 6. The Morgan fingerprint density at radius 3 is 2.95 bits per heavy atom. The van der Waals surface area contributed by atoms with Gasteiger partial charge in [-0.05, 0) is 6.42 Å². The van der Waals surface area contributed by atoms with E-state index in [1.807, 2.05) is 4.90 Å². The number of aliphatic carboxylic acids is 1. The van der Waals surface area contributed by atoms with Crippen molar-refractivity contribution in [1.29, 1.82) is 0 Å². The van der Waals surface area contributed by atoms with E-state index < -0.39 is 5.97 Å². The quantitative estimate of drug-likeness (QED) is 0.826. The van der Waals surface area contributed by atoms with Crippen LogP contribution in [0, 0.1) is 0 Å². The largest absolute Gasteiger partial charge is 0.480 e. The number of rotatable bonds is 4. The van der Waals surface area contributed by atoms with Crippen molar-refractivity contribution in [2.24, 2.45) is 0 Å². The van der Waals surface area contributed by atoms with Gasteiger partial charge >= 0.3 is 5.97 Å². The average molecular weight is 266 g/mol. The Labute approximate surface area is 111 Å². The van der Waals surface area contributed by atoms with Crippen LogP contribution in [-0.2, 0) is 4.79 Å². The van der Waals surface area contributed by atoms with E-state index in [2.05, 4.69) is 14.9 Å². The van der Waals surface area contributed by atoms with Crippen molar-refractivity contribution in [2.75, 3.05) is 44.7 Å². The lowest BCUT2D eigenvalue weighted by molar-refractivity contribution is -0.138. The average Bonchev–Trinajstić information content (AvgIpc) is 2.64. The van der Waals surface area contributed by atoms with Gasteiger partial charge < -0.3 is 14.7 Å². The second-order valence-corrected chi connectivity index (χ2v) is 4.43. The minimum absolute atomic E-state index is 0.0949. The molecule has 1 aromatic rings. The van der Waals surface area contributed by atoms with E-state index in [9.17, 15) is 4.79 Å². The molecule has 0 bridgehead atoms. The van der Waals surface area contributed by atoms with E-state index in [1.165, 1.54) is 0 Å². The fourth-order valence-corrected chi connectivity index (χ4v) is 2.14. The van der Waals surface area contributed by atoms with Crippen LogP contribution in [0.2, 0.25) is 0 Å². The van der Waals surface area contributed by atoms with E-state index in [0.717, 1.165) is 31.9 Å². The van der Waals surface area contributed by atoms with Crippen LogP contribution in [0.25, 0.3) is 0 Å². The maximum atomic E-state index is 10.7. The molecule has 1 fully saturated rings. The molecule has 0 unspecified atom stereocenters. The van der Waals surface area contributed by atoms with Crippen LogP contribution in [0.1, 0.15) is 6.42 Å². The SMILES string of the molecule is COc1cncc(N2CCCN(CC(=O)O)CC2)n1. The summed E-state index contributed by atoms with van der Waals surface area (Å²) >= 11 is 0. The molecule has 1 saturated heterocycles. The number of anilines is 1. The first kappa shape index (κ1) is 13.5. The van der Waals surface area contributed by atoms with Crippen LogP contribution in [0.5, 0.6) is 5.88 Å². The zero-order valence-electron chi connectivity index (χ0n) is 10.9. The monoisotopic (exact) mass is 266 g/mol. The molecule has 1 N–H and O–H groups in total. The minimum Gasteiger partial charge on any atom is -0.480 e. The highest BCUT2D eigenvalue weighted by molar-refractivity contribution is 5.69. The van der Waals surface area contributed by atoms with Crippen LogP contribution in [-0.4, -0.2) is 65.8 Å². The molecular formula is C12H18N4O3. The van der Waals surface area contributed by atoms with E-state index in [0.29, 0.717) is 12.4 Å². The van der Waals surface area contributed by atoms with Gasteiger partial charge in [-0.2, -0.15) is 4.98 Å². The van der Waals surface area contributed by atoms with Crippen molar-refractivity contribution < 1.29 is 14.6 Å². The molecule has 1 aromatic heterocycles. The Balaban J connectivity index is 2.00. The van der Waals surface area contributed by atoms with Gasteiger partial charge in [-0.3, -0.25) is 14.7 Å². The third kappa shape index (κ3) is 3.78. The number of carbonyl (C=O) groups is 1. The summed E-state index contributed by atoms with van der Waals surface area (Å²) in [6, 6.07) is 0. The number of carboxylic acid groups (broad SMARTS) is 1. The lowest BCUT2D eigenvalue weighted by Gasteiger charge is -2.21. The van der Waals surface area contributed by atoms with Crippen molar-refractivity contribution in [1.82, 2.24) is 14.9 Å². The molecule has 1 aliphatic rings. The van der Waals surface area contributed by atoms with Gasteiger partial charge in [-0.25, -0.2) is 0 Å². The summed E-state index contributed by atoms with van der Waals surface area (Å²) in [7, 11) is 1.56. The second-order valence-electron chi connectivity index (χ2n) is 4.43. The molecule has 2 rings (SSSR count). The first-order chi connectivity index (χ1) is 9.19. The summed E-state index contributed by atoms with van der Waals surface area (Å²) in [6.45, 7) is 3.19. The summed E-state index contributed by atoms with van der Waals surface area (Å²) in [5, 5.41) is 8.81. The van der Waals surface area contributed by atoms with E-state index in [1.54, 1.807) is 19.5 Å². The summed E-state index contributed by atoms with van der Waals surface area (Å²) < 4.78 is 5.06. The predicted octanol–water partition coefficient (Wildman–Crippen LogP) is 0.0819. The molecule has 0 aliphatic carbocycles. The third-order valence-corrected chi connectivity index (χ3v) is 3.08. The zero-order chi connectivity index (χ0) is 13.7. The van der Waals surface area contributed by atoms with Crippen molar-refractivity contribution in [3.05, 3.63) is 12.4 Å². The highest BCUT2D eigenvalue weighted by atomic mass is 16.5. The summed E-state index contributed by atoms with van der Waals surface area (Å²) in [6.07, 6.45) is 4.18. The van der Waals surface area contributed by atoms with Crippen molar-refractivity contribution in [3.8, 4) is 5.88 Å². The highest BCUT2D eigenvalue weighted by Crippen LogP contribution is 2.15. The molecular weight excluding hydrogens is 248 g/mol. The first-order valence-corrected chi connectivity index (χ1v) is 6.24. The van der Waals surface area contributed by atoms with Gasteiger partial charge in [-0.1, -0.05) is 0 Å². The number of hydrogen-bond donors (Lipinski definition) is 1. The number of ether oxygens (including phenoxy) is 1. The molecule has 0 atom stereocenters. The fraction of sp³-hybridized carbons (Fsp3) is 0.583. The maximum absolute atomic E-state index is 10.7. The molecule has 0 aromatic carbocycles. The van der Waals surface area contributed by atoms with Gasteiger partial charge in [0.25, 0.3) is 0 Å². The number of aromatic nitrogens is 2. The highest BCUT2D eigenvalue weighted by Gasteiger charge is 2.18. The second kappa shape index (κ2) is 6.33. The molecule has 0 spiro atoms. The van der Waals surface area contributed by atoms with Gasteiger partial charge in [0.15, 0.2) is 5.82 Å². The molecule has 19 heavy (non-hydrogen) atoms. The summed E-state index contributed by atoms with van der Waals surface area (Å²) in [5.74, 6) is 0.482. The molecule has 0 saturated carbocycles. The minimum atomic E-state index is -0.783. The molecule has 2 heterocycles. The number of methoxy groups -OCH3 is 1. The zero-order valence-corrected chi connectivity index (χ0v) is 10.9. The normalized spacial score (nSPS) is 17.0. The van der Waals surface area contributed by atoms with Crippen LogP contribution < -0.4 is 9.64 Å². The lowest BCUT2D eigenvalue weighted by Crippen LogP contribution is -2.34. The van der Waals surface area contributed by atoms with Gasteiger partial charge in [-0.15, -0.1) is 0 Å². The van der Waals surface area contributed by atoms with Gasteiger partial charge in [0.1, 0.15) is 0 Å². The van der Waals surface area contributed by atoms with E-state index in [4.69, 9.17) is 9.84 Å². The molecule has 0 amide bonds. The van der Waals surface area contributed by atoms with Crippen molar-refractivity contribution >= 4 is 11.8 Å². The third-order valence-electron chi connectivity index (χ3n) is 3.08. The first-order valence-electron chi connectivity index (χ1n) is 6.24. The molecule has 7 nitrogen and oxygen atoms in total. The Kier molecular flexibility index (Phi) is 4.51. The van der Waals surface area contributed by atoms with Crippen LogP contribution in [0.3, 0.4) is 0 Å². The standard InChI is InChI=1S/C12H18N4O3/c1-19-11-8-13-7-10(14-11)16-4-2-3-15(5-6-16)9-12(17)18/h7-8H,2-6,9H2,1H3,(H,17,18). The maximum Gasteiger partial charge on any atom is 0.317 e. The smallest absolute Gasteiger partial charge is 0.317 e. The van der Waals surface area contributed by atoms with Gasteiger partial charge in [0.05, 0.1) is 26.0 Å². The van der Waals surface area contributed by atoms with E-state index in [-0.39, 0.29) is 6.54 Å². The Morgan fingerprint density at radius 1 is 1.37 bits per heavy atom. The fourth-order valence-electron chi connectivity index (χ4n) is 2.14. The number of carboxylic acids is 1. The van der Waals surface area contributed by atoms with Gasteiger partial charge in [0, 0.05) is 26.2 Å². The van der Waals surface area contributed by atoms with Gasteiger partial charge in [0.2, 0.25) is 5.88 Å². The molecule has 7 heteroatoms. The Hall–Kier alpha value is -1.89. The summed E-state index contributed by atoms with van der Waals surface area (Å²) in [4.78, 5) is 23.2. The Bertz CT molecular complexity index is 441. The van der Waals surface area contributed by atoms with Crippen molar-refractivity contribution in [2.45, 2.75) is 6.42 Å². The lowest BCUT2D eigenvalue weighted by atomic mass is 10.4. The summed E-state index contributed by atoms with van der Waals surface area (Å²) in [5.41, 5.74) is 0. The van der Waals surface area contributed by atoms with Crippen LogP contribution in [0.4, 0.5) is 5.82 Å². The Morgan fingerprint density at radius 2 is 2.21 bits per heavy atom. The topological polar surface area (TPSA) is 78.8 Å². The predicted molar refractivity (Wildman–Crippen MR) is 69.5 cm³/mol. The molecule has 104 valence electrons. The van der Waals surface area contributed by atoms with Crippen LogP contribution >= 0.6 is 0 Å². The van der Waals surface area contributed by atoms with E-state index >= 15 is 0 Å². The molecule has 0 radical (unpaired) electrons. The number of nitrogens with zero attached hydrogens (tertiary/aromatic N) is 4. The van der Waals surface area contributed by atoms with Crippen LogP contribution in [0.15, 0.2) is 12.4 Å².